The Kier molecular flexibility index (Phi) is 8.02. The minimum Gasteiger partial charge on any atom is -0.507 e. The van der Waals surface area contributed by atoms with Crippen molar-refractivity contribution in [3.05, 3.63) is 88.4 Å². The second-order valence-electron chi connectivity index (χ2n) is 8.43. The van der Waals surface area contributed by atoms with Crippen molar-refractivity contribution in [3.63, 3.8) is 0 Å². The lowest BCUT2D eigenvalue weighted by Crippen LogP contribution is -2.31. The molecule has 1 aromatic heterocycles. The number of imidazole rings is 1. The molecule has 1 saturated heterocycles. The number of halogens is 1. The van der Waals surface area contributed by atoms with Crippen LogP contribution in [0.15, 0.2) is 77.3 Å². The van der Waals surface area contributed by atoms with Crippen molar-refractivity contribution < 1.29 is 19.4 Å². The molecule has 0 spiro atoms. The van der Waals surface area contributed by atoms with E-state index in [0.29, 0.717) is 37.4 Å². The quantitative estimate of drug-likeness (QED) is 0.163. The second kappa shape index (κ2) is 11.4. The van der Waals surface area contributed by atoms with Crippen LogP contribution in [0.5, 0.6) is 5.75 Å². The normalized spacial score (nSPS) is 17.2. The molecule has 2 heterocycles. The zero-order valence-corrected chi connectivity index (χ0v) is 21.1. The molecule has 0 aliphatic carbocycles. The summed E-state index contributed by atoms with van der Waals surface area (Å²) in [5, 5.41) is 11.3. The summed E-state index contributed by atoms with van der Waals surface area (Å²) < 4.78 is 8.58. The molecule has 8 heteroatoms. The van der Waals surface area contributed by atoms with Gasteiger partial charge in [-0.1, -0.05) is 53.5 Å². The number of carbonyl (C=O) groups excluding carboxylic acids is 2. The maximum atomic E-state index is 13.2. The number of ketones is 1. The first-order valence-electron chi connectivity index (χ1n) is 11.7. The Labute approximate surface area is 213 Å². The van der Waals surface area contributed by atoms with Gasteiger partial charge < -0.3 is 19.3 Å². The van der Waals surface area contributed by atoms with Crippen molar-refractivity contribution in [2.45, 2.75) is 38.8 Å². The molecular weight excluding hydrogens is 510 g/mol. The zero-order valence-electron chi connectivity index (χ0n) is 19.6. The molecule has 1 aliphatic rings. The van der Waals surface area contributed by atoms with E-state index in [2.05, 4.69) is 27.8 Å². The Bertz CT molecular complexity index is 1210. The summed E-state index contributed by atoms with van der Waals surface area (Å²) in [4.78, 5) is 31.9. The number of unbranched alkanes of at least 4 members (excludes halogenated alkanes) is 1. The van der Waals surface area contributed by atoms with Crippen molar-refractivity contribution >= 4 is 33.4 Å². The number of aromatic nitrogens is 2. The number of rotatable bonds is 10. The predicted molar refractivity (Wildman–Crippen MR) is 137 cm³/mol. The van der Waals surface area contributed by atoms with Gasteiger partial charge in [-0.05, 0) is 42.7 Å². The minimum atomic E-state index is -0.685. The van der Waals surface area contributed by atoms with Crippen molar-refractivity contribution in [1.82, 2.24) is 14.5 Å². The van der Waals surface area contributed by atoms with E-state index in [4.69, 9.17) is 4.74 Å². The largest absolute Gasteiger partial charge is 0.507 e. The third kappa shape index (κ3) is 5.65. The van der Waals surface area contributed by atoms with Gasteiger partial charge in [0.15, 0.2) is 0 Å². The third-order valence-electron chi connectivity index (χ3n) is 5.97. The van der Waals surface area contributed by atoms with Crippen LogP contribution < -0.4 is 4.74 Å². The fraction of sp³-hybridized carbons (Fsp3) is 0.296. The zero-order chi connectivity index (χ0) is 24.8. The second-order valence-corrected chi connectivity index (χ2v) is 9.34. The van der Waals surface area contributed by atoms with Crippen LogP contribution in [0, 0.1) is 0 Å². The van der Waals surface area contributed by atoms with Crippen LogP contribution in [-0.4, -0.2) is 44.4 Å². The highest BCUT2D eigenvalue weighted by atomic mass is 79.9. The van der Waals surface area contributed by atoms with Gasteiger partial charge in [0.05, 0.1) is 24.5 Å². The van der Waals surface area contributed by atoms with Gasteiger partial charge in [-0.2, -0.15) is 0 Å². The van der Waals surface area contributed by atoms with E-state index in [0.717, 1.165) is 22.9 Å². The molecule has 3 aromatic rings. The summed E-state index contributed by atoms with van der Waals surface area (Å²) in [7, 11) is 0. The minimum absolute atomic E-state index is 0.0886. The van der Waals surface area contributed by atoms with Gasteiger partial charge in [0, 0.05) is 35.5 Å². The standard InChI is InChI=1S/C27H28BrN3O4/c1-2-3-16-35-22-7-4-6-20(17-22)25(32)23-24(19-8-10-21(28)11-9-19)31(27(34)26(23)33)14-5-13-30-15-12-29-18-30/h4,6-12,15,17-18,24,32H,2-3,5,13-14,16H2,1H3. The number of aryl methyl sites for hydroxylation is 1. The summed E-state index contributed by atoms with van der Waals surface area (Å²) in [5.74, 6) is -0.887. The molecule has 0 bridgehead atoms. The molecule has 0 saturated carbocycles. The molecule has 35 heavy (non-hydrogen) atoms. The highest BCUT2D eigenvalue weighted by Crippen LogP contribution is 2.40. The number of amides is 1. The van der Waals surface area contributed by atoms with Crippen LogP contribution in [0.2, 0.25) is 0 Å². The number of hydrogen-bond donors (Lipinski definition) is 1. The van der Waals surface area contributed by atoms with Crippen LogP contribution in [-0.2, 0) is 16.1 Å². The number of ether oxygens (including phenoxy) is 1. The first kappa shape index (κ1) is 24.7. The van der Waals surface area contributed by atoms with Crippen LogP contribution in [0.4, 0.5) is 0 Å². The molecular formula is C27H28BrN3O4. The Hall–Kier alpha value is -3.39. The van der Waals surface area contributed by atoms with Crippen molar-refractivity contribution in [2.75, 3.05) is 13.2 Å². The Morgan fingerprint density at radius 1 is 1.11 bits per heavy atom. The van der Waals surface area contributed by atoms with Crippen molar-refractivity contribution in [1.29, 1.82) is 0 Å². The first-order chi connectivity index (χ1) is 17.0. The Balaban J connectivity index is 1.68. The van der Waals surface area contributed by atoms with E-state index < -0.39 is 17.7 Å². The van der Waals surface area contributed by atoms with Gasteiger partial charge in [-0.25, -0.2) is 4.98 Å². The smallest absolute Gasteiger partial charge is 0.295 e. The summed E-state index contributed by atoms with van der Waals surface area (Å²) in [5.41, 5.74) is 1.29. The molecule has 0 radical (unpaired) electrons. The highest BCUT2D eigenvalue weighted by Gasteiger charge is 2.45. The molecule has 1 amide bonds. The average molecular weight is 538 g/mol. The van der Waals surface area contributed by atoms with Crippen molar-refractivity contribution in [2.24, 2.45) is 0 Å². The van der Waals surface area contributed by atoms with Crippen LogP contribution >= 0.6 is 15.9 Å². The van der Waals surface area contributed by atoms with Crippen LogP contribution in [0.3, 0.4) is 0 Å². The number of likely N-dealkylation sites (tertiary alicyclic amines) is 1. The highest BCUT2D eigenvalue weighted by molar-refractivity contribution is 9.10. The fourth-order valence-corrected chi connectivity index (χ4v) is 4.43. The summed E-state index contributed by atoms with van der Waals surface area (Å²) in [6.07, 6.45) is 7.85. The molecule has 1 fully saturated rings. The Morgan fingerprint density at radius 3 is 2.63 bits per heavy atom. The number of benzene rings is 2. The van der Waals surface area contributed by atoms with Crippen molar-refractivity contribution in [3.8, 4) is 5.75 Å². The van der Waals surface area contributed by atoms with Gasteiger partial charge >= 0.3 is 0 Å². The topological polar surface area (TPSA) is 84.7 Å². The third-order valence-corrected chi connectivity index (χ3v) is 6.50. The molecule has 1 atom stereocenters. The number of aliphatic hydroxyl groups excluding tert-OH is 1. The maximum Gasteiger partial charge on any atom is 0.295 e. The summed E-state index contributed by atoms with van der Waals surface area (Å²) >= 11 is 3.44. The summed E-state index contributed by atoms with van der Waals surface area (Å²) in [6, 6.07) is 13.8. The molecule has 7 nitrogen and oxygen atoms in total. The number of nitrogens with zero attached hydrogens (tertiary/aromatic N) is 3. The van der Waals surface area contributed by atoms with Gasteiger partial charge in [-0.3, -0.25) is 9.59 Å². The molecule has 1 aliphatic heterocycles. The SMILES string of the molecule is CCCCOc1cccc(C(O)=C2C(=O)C(=O)N(CCCn3ccnc3)C2c2ccc(Br)cc2)c1. The lowest BCUT2D eigenvalue weighted by Gasteiger charge is -2.25. The maximum absolute atomic E-state index is 13.2. The average Bonchev–Trinajstić information content (AvgIpc) is 3.47. The molecule has 1 N–H and O–H groups in total. The summed E-state index contributed by atoms with van der Waals surface area (Å²) in [6.45, 7) is 3.68. The monoisotopic (exact) mass is 537 g/mol. The number of hydrogen-bond acceptors (Lipinski definition) is 5. The van der Waals surface area contributed by atoms with E-state index in [1.54, 1.807) is 35.6 Å². The van der Waals surface area contributed by atoms with Crippen LogP contribution in [0.25, 0.3) is 5.76 Å². The van der Waals surface area contributed by atoms with Crippen LogP contribution in [0.1, 0.15) is 43.4 Å². The van der Waals surface area contributed by atoms with E-state index in [-0.39, 0.29) is 11.3 Å². The number of aliphatic hydroxyl groups is 1. The molecule has 182 valence electrons. The fourth-order valence-electron chi connectivity index (χ4n) is 4.17. The predicted octanol–water partition coefficient (Wildman–Crippen LogP) is 5.34. The lowest BCUT2D eigenvalue weighted by molar-refractivity contribution is -0.139. The van der Waals surface area contributed by atoms with E-state index in [1.165, 1.54) is 0 Å². The van der Waals surface area contributed by atoms with Gasteiger partial charge in [-0.15, -0.1) is 0 Å². The van der Waals surface area contributed by atoms with Gasteiger partial charge in [0.1, 0.15) is 11.5 Å². The number of Topliss-reactive ketones (excluding diaryl/α,β-unsaturated/α-hetero) is 1. The van der Waals surface area contributed by atoms with E-state index >= 15 is 0 Å². The lowest BCUT2D eigenvalue weighted by atomic mass is 9.95. The molecule has 1 unspecified atom stereocenters. The Morgan fingerprint density at radius 2 is 1.91 bits per heavy atom. The van der Waals surface area contributed by atoms with Gasteiger partial charge in [0.2, 0.25) is 0 Å². The number of carbonyl (C=O) groups is 2. The first-order valence-corrected chi connectivity index (χ1v) is 12.5. The molecule has 2 aromatic carbocycles. The van der Waals surface area contributed by atoms with E-state index in [9.17, 15) is 14.7 Å². The molecule has 4 rings (SSSR count). The van der Waals surface area contributed by atoms with Gasteiger partial charge in [0.25, 0.3) is 11.7 Å². The van der Waals surface area contributed by atoms with E-state index in [1.807, 2.05) is 41.1 Å².